The molecule has 200 valence electrons. The molecular weight excluding hydrogens is 492 g/mol. The van der Waals surface area contributed by atoms with E-state index < -0.39 is 0 Å². The maximum atomic E-state index is 6.61. The lowest BCUT2D eigenvalue weighted by molar-refractivity contribution is 0.247. The lowest BCUT2D eigenvalue weighted by atomic mass is 9.84. The number of hydrogen-bond donors (Lipinski definition) is 1. The summed E-state index contributed by atoms with van der Waals surface area (Å²) in [4.78, 5) is 4.56. The van der Waals surface area contributed by atoms with Gasteiger partial charge in [-0.05, 0) is 60.4 Å². The van der Waals surface area contributed by atoms with Crippen LogP contribution in [0.25, 0.3) is 39.5 Å². The van der Waals surface area contributed by atoms with E-state index in [1.54, 1.807) is 0 Å². The monoisotopic (exact) mass is 526 g/mol. The quantitative estimate of drug-likeness (QED) is 0.260. The Labute approximate surface area is 235 Å². The van der Waals surface area contributed by atoms with Crippen molar-refractivity contribution in [2.75, 3.05) is 0 Å². The fourth-order valence-corrected chi connectivity index (χ4v) is 5.95. The minimum atomic E-state index is -0.0791. The van der Waals surface area contributed by atoms with Crippen molar-refractivity contribution >= 4 is 33.8 Å². The molecule has 7 rings (SSSR count). The van der Waals surface area contributed by atoms with Crippen molar-refractivity contribution < 1.29 is 4.74 Å². The summed E-state index contributed by atoms with van der Waals surface area (Å²) in [5, 5.41) is 5.01. The Morgan fingerprint density at radius 2 is 1.75 bits per heavy atom. The van der Waals surface area contributed by atoms with Crippen LogP contribution < -0.4 is 10.1 Å². The molecule has 0 saturated heterocycles. The Hall–Kier alpha value is -4.51. The highest BCUT2D eigenvalue weighted by atomic mass is 16.5. The van der Waals surface area contributed by atoms with Crippen LogP contribution in [0.1, 0.15) is 39.0 Å². The molecule has 1 aliphatic heterocycles. The van der Waals surface area contributed by atoms with Crippen molar-refractivity contribution in [1.82, 2.24) is 19.4 Å². The number of nitrogens with zero attached hydrogens (tertiary/aromatic N) is 3. The van der Waals surface area contributed by atoms with Crippen LogP contribution in [-0.4, -0.2) is 26.3 Å². The van der Waals surface area contributed by atoms with Gasteiger partial charge < -0.3 is 10.1 Å². The van der Waals surface area contributed by atoms with E-state index in [1.807, 2.05) is 36.7 Å². The van der Waals surface area contributed by atoms with E-state index in [4.69, 9.17) is 4.74 Å². The molecule has 0 saturated carbocycles. The van der Waals surface area contributed by atoms with E-state index >= 15 is 0 Å². The topological polar surface area (TPSA) is 44.0 Å². The number of nitrogens with one attached hydrogen (secondary N) is 1. The third-order valence-electron chi connectivity index (χ3n) is 7.93. The number of ether oxygens (including phenoxy) is 1. The smallest absolute Gasteiger partial charge is 0.123 e. The third kappa shape index (κ3) is 4.22. The molecule has 0 bridgehead atoms. The summed E-state index contributed by atoms with van der Waals surface area (Å²) in [5.74, 6) is 1.97. The van der Waals surface area contributed by atoms with Crippen molar-refractivity contribution in [3.8, 4) is 11.4 Å². The number of fused-ring (bicyclic) bond motifs is 4. The standard InChI is InChI=1S/C35H34N4O/c1-23-18-24(35(2,3)4)19-34(37-23)39-31-14-7-5-12-28(31)29-17-16-27(21-33(29)39)40-26-11-9-10-25(20-26)38-22-36-30-13-6-8-15-32(30)38/h5-20,22-23,27,37H,21H2,1-4H3. The van der Waals surface area contributed by atoms with Crippen LogP contribution >= 0.6 is 0 Å². The van der Waals surface area contributed by atoms with Gasteiger partial charge in [0.1, 0.15) is 24.0 Å². The molecule has 3 aromatic carbocycles. The zero-order chi connectivity index (χ0) is 27.4. The van der Waals surface area contributed by atoms with Gasteiger partial charge in [-0.3, -0.25) is 9.13 Å². The first-order valence-corrected chi connectivity index (χ1v) is 14.1. The summed E-state index contributed by atoms with van der Waals surface area (Å²) < 4.78 is 11.1. The van der Waals surface area contributed by atoms with Crippen LogP contribution in [0.5, 0.6) is 5.75 Å². The molecule has 40 heavy (non-hydrogen) atoms. The van der Waals surface area contributed by atoms with E-state index in [0.29, 0.717) is 0 Å². The molecule has 2 unspecified atom stereocenters. The van der Waals surface area contributed by atoms with Crippen LogP contribution in [0.2, 0.25) is 0 Å². The van der Waals surface area contributed by atoms with Crippen LogP contribution in [0.3, 0.4) is 0 Å². The van der Waals surface area contributed by atoms with Gasteiger partial charge in [0, 0.05) is 35.2 Å². The van der Waals surface area contributed by atoms with E-state index in [1.165, 1.54) is 27.7 Å². The Morgan fingerprint density at radius 3 is 2.60 bits per heavy atom. The van der Waals surface area contributed by atoms with Crippen LogP contribution in [0.4, 0.5) is 0 Å². The third-order valence-corrected chi connectivity index (χ3v) is 7.93. The summed E-state index contributed by atoms with van der Waals surface area (Å²) >= 11 is 0. The first kappa shape index (κ1) is 24.5. The van der Waals surface area contributed by atoms with Crippen molar-refractivity contribution in [2.24, 2.45) is 5.41 Å². The Kier molecular flexibility index (Phi) is 5.70. The van der Waals surface area contributed by atoms with Crippen LogP contribution in [0.15, 0.2) is 103 Å². The van der Waals surface area contributed by atoms with E-state index in [2.05, 4.69) is 114 Å². The fourth-order valence-electron chi connectivity index (χ4n) is 5.95. The lowest BCUT2D eigenvalue weighted by Crippen LogP contribution is -2.32. The molecule has 0 spiro atoms. The van der Waals surface area contributed by atoms with Gasteiger partial charge in [-0.15, -0.1) is 0 Å². The largest absolute Gasteiger partial charge is 0.486 e. The molecule has 5 aromatic rings. The molecule has 5 heteroatoms. The SMILES string of the molecule is CC1C=C(C(C)(C)C)C=C(n2c3c(c4ccccc42)C=CC(Oc2cccc(-n4cnc5ccccc54)c2)C3)N1. The number of para-hydroxylation sites is 3. The molecule has 2 aliphatic rings. The number of hydrogen-bond acceptors (Lipinski definition) is 3. The number of dihydropyridines is 1. The van der Waals surface area contributed by atoms with Gasteiger partial charge >= 0.3 is 0 Å². The molecule has 2 aromatic heterocycles. The Bertz CT molecular complexity index is 1840. The molecule has 5 nitrogen and oxygen atoms in total. The van der Waals surface area contributed by atoms with E-state index in [0.717, 1.165) is 34.7 Å². The van der Waals surface area contributed by atoms with Gasteiger partial charge in [0.25, 0.3) is 0 Å². The van der Waals surface area contributed by atoms with Crippen LogP contribution in [-0.2, 0) is 6.42 Å². The highest BCUT2D eigenvalue weighted by Gasteiger charge is 2.27. The molecule has 1 N–H and O–H groups in total. The van der Waals surface area contributed by atoms with Crippen molar-refractivity contribution in [2.45, 2.75) is 46.3 Å². The van der Waals surface area contributed by atoms with Crippen molar-refractivity contribution in [1.29, 1.82) is 0 Å². The van der Waals surface area contributed by atoms with E-state index in [-0.39, 0.29) is 17.6 Å². The Morgan fingerprint density at radius 1 is 0.950 bits per heavy atom. The van der Waals surface area contributed by atoms with Gasteiger partial charge in [0.05, 0.1) is 22.2 Å². The minimum Gasteiger partial charge on any atom is -0.486 e. The number of benzene rings is 3. The minimum absolute atomic E-state index is 0.0712. The maximum absolute atomic E-state index is 6.61. The first-order chi connectivity index (χ1) is 19.3. The second kappa shape index (κ2) is 9.30. The highest BCUT2D eigenvalue weighted by Crippen LogP contribution is 2.37. The normalized spacial score (nSPS) is 18.8. The zero-order valence-electron chi connectivity index (χ0n) is 23.4. The summed E-state index contributed by atoms with van der Waals surface area (Å²) in [6.07, 6.45) is 11.7. The van der Waals surface area contributed by atoms with Gasteiger partial charge in [-0.2, -0.15) is 0 Å². The summed E-state index contributed by atoms with van der Waals surface area (Å²) in [5.41, 5.74) is 8.28. The predicted molar refractivity (Wildman–Crippen MR) is 165 cm³/mol. The zero-order valence-corrected chi connectivity index (χ0v) is 23.4. The predicted octanol–water partition coefficient (Wildman–Crippen LogP) is 7.76. The van der Waals surface area contributed by atoms with Gasteiger partial charge in [-0.1, -0.05) is 69.3 Å². The number of rotatable bonds is 4. The van der Waals surface area contributed by atoms with Crippen molar-refractivity contribution in [3.63, 3.8) is 0 Å². The first-order valence-electron chi connectivity index (χ1n) is 14.1. The fraction of sp³-hybridized carbons (Fsp3) is 0.229. The van der Waals surface area contributed by atoms with Gasteiger partial charge in [0.2, 0.25) is 0 Å². The summed E-state index contributed by atoms with van der Waals surface area (Å²) in [7, 11) is 0. The molecule has 0 radical (unpaired) electrons. The molecule has 2 atom stereocenters. The molecular formula is C35H34N4O. The number of allylic oxidation sites excluding steroid dienone is 2. The molecule has 0 amide bonds. The lowest BCUT2D eigenvalue weighted by Gasteiger charge is -2.30. The molecule has 1 aliphatic carbocycles. The van der Waals surface area contributed by atoms with Crippen molar-refractivity contribution in [3.05, 3.63) is 114 Å². The van der Waals surface area contributed by atoms with Gasteiger partial charge in [-0.25, -0.2) is 4.98 Å². The Balaban J connectivity index is 1.24. The number of aromatic nitrogens is 3. The second-order valence-corrected chi connectivity index (χ2v) is 11.9. The average Bonchev–Trinajstić information content (AvgIpc) is 3.51. The summed E-state index contributed by atoms with van der Waals surface area (Å²) in [6.45, 7) is 9.06. The number of imidazole rings is 1. The summed E-state index contributed by atoms with van der Waals surface area (Å²) in [6, 6.07) is 25.4. The van der Waals surface area contributed by atoms with Gasteiger partial charge in [0.15, 0.2) is 0 Å². The van der Waals surface area contributed by atoms with E-state index in [9.17, 15) is 0 Å². The highest BCUT2D eigenvalue weighted by molar-refractivity contribution is 5.94. The second-order valence-electron chi connectivity index (χ2n) is 11.9. The average molecular weight is 527 g/mol. The molecule has 3 heterocycles. The maximum Gasteiger partial charge on any atom is 0.123 e. The van der Waals surface area contributed by atoms with Crippen LogP contribution in [0, 0.1) is 5.41 Å². The molecule has 0 fully saturated rings.